The third-order valence-electron chi connectivity index (χ3n) is 5.01. The van der Waals surface area contributed by atoms with Gasteiger partial charge in [0.2, 0.25) is 5.91 Å². The Hall–Kier alpha value is -2.63. The number of aromatic nitrogens is 2. The molecular weight excluding hydrogens is 318 g/mol. The van der Waals surface area contributed by atoms with Gasteiger partial charge in [0.25, 0.3) is 0 Å². The molecule has 2 N–H and O–H groups in total. The SMILES string of the molecule is O=C(CC1(C(=O)O)CCCCC1)NCc1ccccc1-n1ccnc1. The van der Waals surface area contributed by atoms with Gasteiger partial charge in [0, 0.05) is 25.4 Å². The molecule has 1 aliphatic carbocycles. The first-order valence-electron chi connectivity index (χ1n) is 8.67. The van der Waals surface area contributed by atoms with Crippen LogP contribution in [0.2, 0.25) is 0 Å². The van der Waals surface area contributed by atoms with Crippen LogP contribution in [0, 0.1) is 5.41 Å². The minimum atomic E-state index is -0.897. The quantitative estimate of drug-likeness (QED) is 0.846. The number of carboxylic acids is 1. The average Bonchev–Trinajstić information content (AvgIpc) is 3.15. The van der Waals surface area contributed by atoms with E-state index < -0.39 is 11.4 Å². The molecule has 1 aromatic carbocycles. The molecule has 0 aliphatic heterocycles. The molecule has 0 bridgehead atoms. The molecule has 1 heterocycles. The number of nitrogens with one attached hydrogen (secondary N) is 1. The van der Waals surface area contributed by atoms with Crippen molar-refractivity contribution < 1.29 is 14.7 Å². The van der Waals surface area contributed by atoms with Crippen LogP contribution in [0.3, 0.4) is 0 Å². The van der Waals surface area contributed by atoms with Crippen molar-refractivity contribution >= 4 is 11.9 Å². The second-order valence-electron chi connectivity index (χ2n) is 6.70. The lowest BCUT2D eigenvalue weighted by Crippen LogP contribution is -2.39. The molecule has 0 atom stereocenters. The zero-order chi connectivity index (χ0) is 17.7. The summed E-state index contributed by atoms with van der Waals surface area (Å²) in [6.45, 7) is 0.364. The Balaban J connectivity index is 1.66. The van der Waals surface area contributed by atoms with E-state index in [1.54, 1.807) is 12.5 Å². The minimum Gasteiger partial charge on any atom is -0.481 e. The number of para-hydroxylation sites is 1. The van der Waals surface area contributed by atoms with Gasteiger partial charge in [0.05, 0.1) is 17.4 Å². The third-order valence-corrected chi connectivity index (χ3v) is 5.01. The summed E-state index contributed by atoms with van der Waals surface area (Å²) in [6.07, 6.45) is 9.29. The summed E-state index contributed by atoms with van der Waals surface area (Å²) in [6, 6.07) is 7.76. The van der Waals surface area contributed by atoms with Crippen LogP contribution in [0.15, 0.2) is 43.0 Å². The maximum absolute atomic E-state index is 12.4. The predicted molar refractivity (Wildman–Crippen MR) is 93.2 cm³/mol. The molecule has 1 saturated carbocycles. The lowest BCUT2D eigenvalue weighted by atomic mass is 9.71. The number of amides is 1. The van der Waals surface area contributed by atoms with E-state index in [2.05, 4.69) is 10.3 Å². The van der Waals surface area contributed by atoms with E-state index in [9.17, 15) is 14.7 Å². The van der Waals surface area contributed by atoms with Crippen LogP contribution in [-0.2, 0) is 16.1 Å². The van der Waals surface area contributed by atoms with Crippen molar-refractivity contribution in [3.8, 4) is 5.69 Å². The topological polar surface area (TPSA) is 84.2 Å². The van der Waals surface area contributed by atoms with E-state index in [1.165, 1.54) is 0 Å². The van der Waals surface area contributed by atoms with Crippen molar-refractivity contribution in [3.63, 3.8) is 0 Å². The number of hydrogen-bond acceptors (Lipinski definition) is 3. The van der Waals surface area contributed by atoms with E-state index in [0.29, 0.717) is 19.4 Å². The normalized spacial score (nSPS) is 16.3. The number of imidazole rings is 1. The number of carbonyl (C=O) groups excluding carboxylic acids is 1. The van der Waals surface area contributed by atoms with Gasteiger partial charge in [-0.05, 0) is 24.5 Å². The zero-order valence-electron chi connectivity index (χ0n) is 14.1. The van der Waals surface area contributed by atoms with Crippen LogP contribution < -0.4 is 5.32 Å². The maximum Gasteiger partial charge on any atom is 0.310 e. The summed E-state index contributed by atoms with van der Waals surface area (Å²) < 4.78 is 1.89. The van der Waals surface area contributed by atoms with Crippen molar-refractivity contribution in [2.75, 3.05) is 0 Å². The summed E-state index contributed by atoms with van der Waals surface area (Å²) in [5, 5.41) is 12.5. The van der Waals surface area contributed by atoms with Crippen LogP contribution >= 0.6 is 0 Å². The van der Waals surface area contributed by atoms with Gasteiger partial charge in [0.1, 0.15) is 0 Å². The molecule has 132 valence electrons. The van der Waals surface area contributed by atoms with E-state index in [0.717, 1.165) is 30.5 Å². The minimum absolute atomic E-state index is 0.0512. The van der Waals surface area contributed by atoms with Crippen LogP contribution in [-0.4, -0.2) is 26.5 Å². The molecule has 0 unspecified atom stereocenters. The second kappa shape index (κ2) is 7.51. The first-order valence-corrected chi connectivity index (χ1v) is 8.67. The van der Waals surface area contributed by atoms with Crippen molar-refractivity contribution in [1.82, 2.24) is 14.9 Å². The smallest absolute Gasteiger partial charge is 0.310 e. The van der Waals surface area contributed by atoms with Gasteiger partial charge in [-0.3, -0.25) is 9.59 Å². The molecule has 1 aromatic heterocycles. The Labute approximate surface area is 146 Å². The van der Waals surface area contributed by atoms with Crippen LogP contribution in [0.4, 0.5) is 0 Å². The van der Waals surface area contributed by atoms with Gasteiger partial charge in [-0.1, -0.05) is 37.5 Å². The number of benzene rings is 1. The van der Waals surface area contributed by atoms with Gasteiger partial charge < -0.3 is 15.0 Å². The summed E-state index contributed by atoms with van der Waals surface area (Å²) in [5.74, 6) is -1.05. The third kappa shape index (κ3) is 3.90. The van der Waals surface area contributed by atoms with Gasteiger partial charge in [-0.15, -0.1) is 0 Å². The molecular formula is C19H23N3O3. The Morgan fingerprint density at radius 2 is 1.96 bits per heavy atom. The van der Waals surface area contributed by atoms with Crippen molar-refractivity contribution in [2.45, 2.75) is 45.1 Å². The van der Waals surface area contributed by atoms with E-state index in [4.69, 9.17) is 0 Å². The Morgan fingerprint density at radius 3 is 2.64 bits per heavy atom. The summed E-state index contributed by atoms with van der Waals surface area (Å²) in [4.78, 5) is 28.2. The van der Waals surface area contributed by atoms with Crippen molar-refractivity contribution in [1.29, 1.82) is 0 Å². The fourth-order valence-corrected chi connectivity index (χ4v) is 3.57. The van der Waals surface area contributed by atoms with Gasteiger partial charge in [-0.2, -0.15) is 0 Å². The van der Waals surface area contributed by atoms with Crippen LogP contribution in [0.1, 0.15) is 44.1 Å². The van der Waals surface area contributed by atoms with Gasteiger partial charge in [0.15, 0.2) is 0 Å². The first-order chi connectivity index (χ1) is 12.1. The number of carboxylic acid groups (broad SMARTS) is 1. The summed E-state index contributed by atoms with van der Waals surface area (Å²) >= 11 is 0. The highest BCUT2D eigenvalue weighted by Crippen LogP contribution is 2.39. The highest BCUT2D eigenvalue weighted by Gasteiger charge is 2.41. The van der Waals surface area contributed by atoms with Crippen molar-refractivity contribution in [3.05, 3.63) is 48.5 Å². The molecule has 3 rings (SSSR count). The number of rotatable bonds is 6. The summed E-state index contributed by atoms with van der Waals surface area (Å²) in [5.41, 5.74) is 1.01. The number of hydrogen-bond donors (Lipinski definition) is 2. The van der Waals surface area contributed by atoms with E-state index >= 15 is 0 Å². The monoisotopic (exact) mass is 341 g/mol. The van der Waals surface area contributed by atoms with Gasteiger partial charge in [-0.25, -0.2) is 4.98 Å². The first kappa shape index (κ1) is 17.2. The standard InChI is InChI=1S/C19H23N3O3/c23-17(12-19(18(24)25)8-4-1-5-9-19)21-13-15-6-2-3-7-16(15)22-11-10-20-14-22/h2-3,6-7,10-11,14H,1,4-5,8-9,12-13H2,(H,21,23)(H,24,25). The number of aliphatic carboxylic acids is 1. The fraction of sp³-hybridized carbons (Fsp3) is 0.421. The Bertz CT molecular complexity index is 734. The predicted octanol–water partition coefficient (Wildman–Crippen LogP) is 2.91. The second-order valence-corrected chi connectivity index (χ2v) is 6.70. The molecule has 6 nitrogen and oxygen atoms in total. The summed E-state index contributed by atoms with van der Waals surface area (Å²) in [7, 11) is 0. The molecule has 2 aromatic rings. The Morgan fingerprint density at radius 1 is 1.20 bits per heavy atom. The van der Waals surface area contributed by atoms with Crippen molar-refractivity contribution in [2.24, 2.45) is 5.41 Å². The highest BCUT2D eigenvalue weighted by molar-refractivity contribution is 5.85. The van der Waals surface area contributed by atoms with E-state index in [-0.39, 0.29) is 12.3 Å². The highest BCUT2D eigenvalue weighted by atomic mass is 16.4. The zero-order valence-corrected chi connectivity index (χ0v) is 14.1. The fourth-order valence-electron chi connectivity index (χ4n) is 3.57. The molecule has 0 spiro atoms. The van der Waals surface area contributed by atoms with Crippen LogP contribution in [0.5, 0.6) is 0 Å². The lowest BCUT2D eigenvalue weighted by Gasteiger charge is -2.32. The molecule has 1 fully saturated rings. The lowest BCUT2D eigenvalue weighted by molar-refractivity contribution is -0.154. The Kier molecular flexibility index (Phi) is 5.16. The molecule has 1 amide bonds. The molecule has 1 aliphatic rings. The molecule has 0 radical (unpaired) electrons. The molecule has 0 saturated heterocycles. The average molecular weight is 341 g/mol. The molecule has 25 heavy (non-hydrogen) atoms. The molecule has 6 heteroatoms. The largest absolute Gasteiger partial charge is 0.481 e. The van der Waals surface area contributed by atoms with Crippen LogP contribution in [0.25, 0.3) is 5.69 Å². The number of carbonyl (C=O) groups is 2. The number of nitrogens with zero attached hydrogens (tertiary/aromatic N) is 2. The van der Waals surface area contributed by atoms with Gasteiger partial charge >= 0.3 is 5.97 Å². The maximum atomic E-state index is 12.4. The van der Waals surface area contributed by atoms with E-state index in [1.807, 2.05) is 35.0 Å².